The fourth-order valence-corrected chi connectivity index (χ4v) is 2.53. The molecule has 0 fully saturated rings. The van der Waals surface area contributed by atoms with Crippen LogP contribution in [0.15, 0.2) is 24.3 Å². The van der Waals surface area contributed by atoms with Gasteiger partial charge in [0.2, 0.25) is 5.01 Å². The van der Waals surface area contributed by atoms with E-state index in [9.17, 15) is 14.4 Å². The van der Waals surface area contributed by atoms with Crippen molar-refractivity contribution in [2.24, 2.45) is 0 Å². The Morgan fingerprint density at radius 1 is 1.11 bits per heavy atom. The second-order valence-electron chi connectivity index (χ2n) is 5.02. The number of methoxy groups -OCH3 is 1. The number of nitrogens with zero attached hydrogens (tertiary/aromatic N) is 2. The molecule has 0 aliphatic heterocycles. The third-order valence-electron chi connectivity index (χ3n) is 3.11. The van der Waals surface area contributed by atoms with Crippen LogP contribution in [0.25, 0.3) is 0 Å². The van der Waals surface area contributed by atoms with Crippen molar-refractivity contribution >= 4 is 34.9 Å². The molecule has 27 heavy (non-hydrogen) atoms. The topological polar surface area (TPSA) is 132 Å². The minimum absolute atomic E-state index is 0.0716. The van der Waals surface area contributed by atoms with Gasteiger partial charge in [-0.1, -0.05) is 11.3 Å². The highest BCUT2D eigenvalue weighted by atomic mass is 32.1. The van der Waals surface area contributed by atoms with Crippen molar-refractivity contribution in [1.82, 2.24) is 20.8 Å². The van der Waals surface area contributed by atoms with Gasteiger partial charge in [-0.2, -0.15) is 0 Å². The van der Waals surface area contributed by atoms with Crippen LogP contribution in [0.3, 0.4) is 0 Å². The van der Waals surface area contributed by atoms with Crippen LogP contribution in [0.2, 0.25) is 0 Å². The zero-order valence-corrected chi connectivity index (χ0v) is 15.6. The maximum Gasteiger partial charge on any atom is 0.325 e. The summed E-state index contributed by atoms with van der Waals surface area (Å²) >= 11 is 1.05. The van der Waals surface area contributed by atoms with Gasteiger partial charge >= 0.3 is 12.0 Å². The number of carbonyl (C=O) groups excluding carboxylic acids is 3. The Bertz CT molecular complexity index is 793. The highest BCUT2D eigenvalue weighted by molar-refractivity contribution is 7.13. The molecule has 0 radical (unpaired) electrons. The molecular weight excluding hydrogens is 374 g/mol. The van der Waals surface area contributed by atoms with Gasteiger partial charge in [-0.05, 0) is 31.2 Å². The summed E-state index contributed by atoms with van der Waals surface area (Å²) in [4.78, 5) is 34.9. The maximum absolute atomic E-state index is 12.2. The van der Waals surface area contributed by atoms with Crippen molar-refractivity contribution in [2.75, 3.05) is 25.6 Å². The molecule has 0 aliphatic rings. The molecule has 0 bridgehead atoms. The molecule has 0 spiro atoms. The Morgan fingerprint density at radius 2 is 1.85 bits per heavy atom. The van der Waals surface area contributed by atoms with E-state index in [-0.39, 0.29) is 24.7 Å². The predicted octanol–water partition coefficient (Wildman–Crippen LogP) is 1.16. The fraction of sp³-hybridized carbons (Fsp3) is 0.312. The number of hydrogen-bond acceptors (Lipinski definition) is 8. The molecule has 144 valence electrons. The summed E-state index contributed by atoms with van der Waals surface area (Å²) < 4.78 is 9.75. The number of hydrogen-bond donors (Lipinski definition) is 3. The summed E-state index contributed by atoms with van der Waals surface area (Å²) in [7, 11) is 1.56. The smallest absolute Gasteiger partial charge is 0.325 e. The molecule has 2 rings (SSSR count). The first-order valence-electron chi connectivity index (χ1n) is 7.97. The lowest BCUT2D eigenvalue weighted by atomic mass is 10.3. The summed E-state index contributed by atoms with van der Waals surface area (Å²) in [6.07, 6.45) is 0. The van der Waals surface area contributed by atoms with Crippen molar-refractivity contribution in [1.29, 1.82) is 0 Å². The van der Waals surface area contributed by atoms with Gasteiger partial charge in [0.25, 0.3) is 5.91 Å². The summed E-state index contributed by atoms with van der Waals surface area (Å²) in [6.45, 7) is 1.76. The highest BCUT2D eigenvalue weighted by Gasteiger charge is 2.14. The summed E-state index contributed by atoms with van der Waals surface area (Å²) in [5, 5.41) is 15.8. The van der Waals surface area contributed by atoms with Gasteiger partial charge < -0.3 is 25.4 Å². The van der Waals surface area contributed by atoms with E-state index < -0.39 is 17.9 Å². The number of amides is 3. The lowest BCUT2D eigenvalue weighted by molar-refractivity contribution is -0.141. The molecular formula is C16H19N5O5S. The Hall–Kier alpha value is -3.21. The molecule has 3 amide bonds. The average Bonchev–Trinajstić information content (AvgIpc) is 3.15. The van der Waals surface area contributed by atoms with Crippen LogP contribution in [0.4, 0.5) is 10.5 Å². The van der Waals surface area contributed by atoms with Crippen LogP contribution >= 0.6 is 11.3 Å². The zero-order chi connectivity index (χ0) is 19.6. The Morgan fingerprint density at radius 3 is 2.52 bits per heavy atom. The van der Waals surface area contributed by atoms with Crippen LogP contribution in [0.1, 0.15) is 21.7 Å². The molecule has 0 unspecified atom stereocenters. The number of ether oxygens (including phenoxy) is 2. The second kappa shape index (κ2) is 10.1. The van der Waals surface area contributed by atoms with Gasteiger partial charge in [-0.25, -0.2) is 4.79 Å². The van der Waals surface area contributed by atoms with Crippen LogP contribution in [0, 0.1) is 0 Å². The number of benzene rings is 1. The molecule has 0 saturated carbocycles. The quantitative estimate of drug-likeness (QED) is 0.574. The standard InChI is InChI=1S/C16H19N5O5S/c1-3-26-13(22)9-18-16(24)17-8-12-20-21-15(27-12)14(23)19-10-4-6-11(25-2)7-5-10/h4-7H,3,8-9H2,1-2H3,(H,19,23)(H2,17,18,24). The number of esters is 1. The maximum atomic E-state index is 12.2. The normalized spacial score (nSPS) is 10.0. The van der Waals surface area contributed by atoms with Gasteiger partial charge in [0.15, 0.2) is 0 Å². The lowest BCUT2D eigenvalue weighted by Crippen LogP contribution is -2.38. The summed E-state index contributed by atoms with van der Waals surface area (Å²) in [5.41, 5.74) is 0.592. The average molecular weight is 393 g/mol. The number of rotatable bonds is 8. The minimum Gasteiger partial charge on any atom is -0.497 e. The first kappa shape index (κ1) is 20.1. The Labute approximate surface area is 159 Å². The van der Waals surface area contributed by atoms with Crippen LogP contribution in [-0.4, -0.2) is 48.4 Å². The van der Waals surface area contributed by atoms with Crippen molar-refractivity contribution in [2.45, 2.75) is 13.5 Å². The molecule has 0 saturated heterocycles. The van der Waals surface area contributed by atoms with E-state index in [2.05, 4.69) is 26.1 Å². The second-order valence-corrected chi connectivity index (χ2v) is 6.09. The SMILES string of the molecule is CCOC(=O)CNC(=O)NCc1nnc(C(=O)Nc2ccc(OC)cc2)s1. The zero-order valence-electron chi connectivity index (χ0n) is 14.8. The summed E-state index contributed by atoms with van der Waals surface area (Å²) in [6, 6.07) is 6.30. The molecule has 1 heterocycles. The molecule has 1 aromatic heterocycles. The van der Waals surface area contributed by atoms with E-state index >= 15 is 0 Å². The third kappa shape index (κ3) is 6.55. The van der Waals surface area contributed by atoms with Crippen molar-refractivity contribution in [3.8, 4) is 5.75 Å². The van der Waals surface area contributed by atoms with E-state index in [1.807, 2.05) is 0 Å². The molecule has 1 aromatic carbocycles. The Balaban J connectivity index is 1.80. The van der Waals surface area contributed by atoms with Crippen molar-refractivity contribution in [3.63, 3.8) is 0 Å². The van der Waals surface area contributed by atoms with Crippen LogP contribution in [0.5, 0.6) is 5.75 Å². The van der Waals surface area contributed by atoms with Crippen molar-refractivity contribution in [3.05, 3.63) is 34.3 Å². The van der Waals surface area contributed by atoms with Crippen LogP contribution < -0.4 is 20.7 Å². The third-order valence-corrected chi connectivity index (χ3v) is 4.03. The first-order chi connectivity index (χ1) is 13.0. The molecule has 10 nitrogen and oxygen atoms in total. The predicted molar refractivity (Wildman–Crippen MR) is 97.7 cm³/mol. The fourth-order valence-electron chi connectivity index (χ4n) is 1.86. The summed E-state index contributed by atoms with van der Waals surface area (Å²) in [5.74, 6) is -0.254. The van der Waals surface area contributed by atoms with Crippen LogP contribution in [-0.2, 0) is 16.1 Å². The molecule has 0 atom stereocenters. The van der Waals surface area contributed by atoms with E-state index in [0.29, 0.717) is 16.4 Å². The molecule has 2 aromatic rings. The van der Waals surface area contributed by atoms with Gasteiger partial charge in [0.1, 0.15) is 17.3 Å². The van der Waals surface area contributed by atoms with Gasteiger partial charge in [-0.3, -0.25) is 9.59 Å². The monoisotopic (exact) mass is 393 g/mol. The van der Waals surface area contributed by atoms with Gasteiger partial charge in [0.05, 0.1) is 20.3 Å². The van der Waals surface area contributed by atoms with E-state index in [1.165, 1.54) is 0 Å². The highest BCUT2D eigenvalue weighted by Crippen LogP contribution is 2.17. The van der Waals surface area contributed by atoms with Gasteiger partial charge in [-0.15, -0.1) is 10.2 Å². The lowest BCUT2D eigenvalue weighted by Gasteiger charge is -2.05. The number of urea groups is 1. The largest absolute Gasteiger partial charge is 0.497 e. The van der Waals surface area contributed by atoms with E-state index in [4.69, 9.17) is 9.47 Å². The number of carbonyl (C=O) groups is 3. The first-order valence-corrected chi connectivity index (χ1v) is 8.78. The van der Waals surface area contributed by atoms with Gasteiger partial charge in [0, 0.05) is 5.69 Å². The Kier molecular flexibility index (Phi) is 7.49. The van der Waals surface area contributed by atoms with E-state index in [0.717, 1.165) is 11.3 Å². The number of anilines is 1. The molecule has 3 N–H and O–H groups in total. The minimum atomic E-state index is -0.553. The van der Waals surface area contributed by atoms with E-state index in [1.54, 1.807) is 38.3 Å². The van der Waals surface area contributed by atoms with Crippen molar-refractivity contribution < 1.29 is 23.9 Å². The molecule has 0 aliphatic carbocycles. The number of nitrogens with one attached hydrogen (secondary N) is 3. The molecule has 11 heteroatoms. The number of aromatic nitrogens is 2.